The van der Waals surface area contributed by atoms with Gasteiger partial charge in [0.2, 0.25) is 0 Å². The first kappa shape index (κ1) is 27.4. The van der Waals surface area contributed by atoms with Gasteiger partial charge in [-0.2, -0.15) is 4.98 Å². The van der Waals surface area contributed by atoms with E-state index in [0.717, 1.165) is 17.7 Å². The van der Waals surface area contributed by atoms with Gasteiger partial charge in [-0.1, -0.05) is 31.5 Å². The molecule has 1 amide bonds. The zero-order valence-electron chi connectivity index (χ0n) is 22.3. The Morgan fingerprint density at radius 2 is 1.85 bits per heavy atom. The van der Waals surface area contributed by atoms with Gasteiger partial charge in [0.1, 0.15) is 17.5 Å². The summed E-state index contributed by atoms with van der Waals surface area (Å²) in [6.07, 6.45) is 0.617. The van der Waals surface area contributed by atoms with Crippen molar-refractivity contribution in [3.05, 3.63) is 74.9 Å². The van der Waals surface area contributed by atoms with Crippen LogP contribution in [0.15, 0.2) is 41.3 Å². The van der Waals surface area contributed by atoms with Gasteiger partial charge in [-0.25, -0.2) is 27.9 Å². The fourth-order valence-electron chi connectivity index (χ4n) is 5.16. The molecular formula is C28H27ClF2N6O3. The van der Waals surface area contributed by atoms with E-state index in [1.165, 1.54) is 21.6 Å². The lowest BCUT2D eigenvalue weighted by molar-refractivity contribution is 0.136. The molecule has 1 aliphatic heterocycles. The van der Waals surface area contributed by atoms with E-state index < -0.39 is 29.0 Å². The number of fused-ring (bicyclic) bond motifs is 1. The third kappa shape index (κ3) is 4.64. The van der Waals surface area contributed by atoms with Crippen LogP contribution in [0.1, 0.15) is 37.9 Å². The Kier molecular flexibility index (Phi) is 7.17. The molecule has 0 radical (unpaired) electrons. The number of anilines is 1. The van der Waals surface area contributed by atoms with Crippen LogP contribution in [0.5, 0.6) is 0 Å². The maximum Gasteiger partial charge on any atom is 0.407 e. The van der Waals surface area contributed by atoms with Crippen LogP contribution in [0.2, 0.25) is 5.02 Å². The minimum atomic E-state index is -1.03. The molecule has 208 valence electrons. The summed E-state index contributed by atoms with van der Waals surface area (Å²) < 4.78 is 31.1. The van der Waals surface area contributed by atoms with Crippen molar-refractivity contribution in [1.82, 2.24) is 24.4 Å². The summed E-state index contributed by atoms with van der Waals surface area (Å²) in [6.45, 7) is 8.20. The predicted octanol–water partition coefficient (Wildman–Crippen LogP) is 5.39. The number of pyridine rings is 2. The molecule has 4 aromatic rings. The summed E-state index contributed by atoms with van der Waals surface area (Å²) in [6, 6.07) is 6.39. The summed E-state index contributed by atoms with van der Waals surface area (Å²) >= 11 is 6.62. The van der Waals surface area contributed by atoms with Gasteiger partial charge in [-0.05, 0) is 49.6 Å². The molecule has 3 aromatic heterocycles. The van der Waals surface area contributed by atoms with Crippen LogP contribution in [0.3, 0.4) is 0 Å². The Balaban J connectivity index is 1.86. The number of rotatable bonds is 4. The molecule has 0 aliphatic carbocycles. The number of amides is 1. The standard InChI is InChI=1S/C28H27ClF2N6O3/c1-14(2)22-24(15(3)8-9-32-22)37-26-17(12-18(29)23(33-26)21-19(30)6-5-7-20(21)31)25(34-27(37)38)36-11-10-35(28(39)40)13-16(36)4/h5-9,12,14,16H,10-11,13H2,1-4H3,(H,39,40). The lowest BCUT2D eigenvalue weighted by atomic mass is 10.0. The van der Waals surface area contributed by atoms with E-state index in [1.54, 1.807) is 12.3 Å². The second kappa shape index (κ2) is 10.5. The van der Waals surface area contributed by atoms with Crippen LogP contribution in [-0.4, -0.2) is 61.3 Å². The van der Waals surface area contributed by atoms with E-state index in [0.29, 0.717) is 16.8 Å². The lowest BCUT2D eigenvalue weighted by Crippen LogP contribution is -2.54. The molecule has 9 nitrogen and oxygen atoms in total. The minimum Gasteiger partial charge on any atom is -0.465 e. The van der Waals surface area contributed by atoms with Gasteiger partial charge in [0.15, 0.2) is 5.65 Å². The van der Waals surface area contributed by atoms with Crippen molar-refractivity contribution in [1.29, 1.82) is 0 Å². The SMILES string of the molecule is Cc1ccnc(C(C)C)c1-n1c(=O)nc(N2CCN(C(=O)O)CC2C)c2cc(Cl)c(-c3c(F)cccc3F)nc21. The fourth-order valence-corrected chi connectivity index (χ4v) is 5.40. The second-order valence-corrected chi connectivity index (χ2v) is 10.5. The number of hydrogen-bond donors (Lipinski definition) is 1. The number of hydrogen-bond acceptors (Lipinski definition) is 6. The van der Waals surface area contributed by atoms with Gasteiger partial charge in [0.05, 0.1) is 33.0 Å². The molecule has 0 saturated carbocycles. The molecule has 5 rings (SSSR count). The Morgan fingerprint density at radius 3 is 2.48 bits per heavy atom. The average molecular weight is 569 g/mol. The number of benzene rings is 1. The Hall–Kier alpha value is -4.12. The molecule has 1 saturated heterocycles. The van der Waals surface area contributed by atoms with E-state index in [4.69, 9.17) is 11.6 Å². The number of halogens is 3. The van der Waals surface area contributed by atoms with E-state index >= 15 is 0 Å². The quantitative estimate of drug-likeness (QED) is 0.352. The zero-order chi connectivity index (χ0) is 28.9. The van der Waals surface area contributed by atoms with Crippen molar-refractivity contribution >= 4 is 34.5 Å². The Bertz CT molecular complexity index is 1690. The van der Waals surface area contributed by atoms with Gasteiger partial charge in [0, 0.05) is 31.9 Å². The van der Waals surface area contributed by atoms with Crippen molar-refractivity contribution in [3.63, 3.8) is 0 Å². The molecule has 1 aliphatic rings. The topological polar surface area (TPSA) is 104 Å². The van der Waals surface area contributed by atoms with E-state index in [2.05, 4.69) is 15.0 Å². The van der Waals surface area contributed by atoms with Gasteiger partial charge >= 0.3 is 11.8 Å². The van der Waals surface area contributed by atoms with Crippen LogP contribution >= 0.6 is 11.6 Å². The first-order chi connectivity index (χ1) is 19.0. The number of nitrogens with zero attached hydrogens (tertiary/aromatic N) is 6. The predicted molar refractivity (Wildman–Crippen MR) is 149 cm³/mol. The molecule has 1 aromatic carbocycles. The van der Waals surface area contributed by atoms with Crippen molar-refractivity contribution < 1.29 is 18.7 Å². The molecule has 1 unspecified atom stereocenters. The highest BCUT2D eigenvalue weighted by Crippen LogP contribution is 2.37. The first-order valence-corrected chi connectivity index (χ1v) is 13.2. The number of aromatic nitrogens is 4. The Morgan fingerprint density at radius 1 is 1.15 bits per heavy atom. The molecule has 40 heavy (non-hydrogen) atoms. The Labute approximate surface area is 233 Å². The zero-order valence-corrected chi connectivity index (χ0v) is 23.1. The van der Waals surface area contributed by atoms with Gasteiger partial charge in [-0.15, -0.1) is 0 Å². The van der Waals surface area contributed by atoms with Gasteiger partial charge in [-0.3, -0.25) is 4.98 Å². The summed E-state index contributed by atoms with van der Waals surface area (Å²) in [5, 5.41) is 9.79. The van der Waals surface area contributed by atoms with E-state index in [-0.39, 0.29) is 53.8 Å². The number of carbonyl (C=O) groups is 1. The van der Waals surface area contributed by atoms with Gasteiger partial charge < -0.3 is 14.9 Å². The maximum atomic E-state index is 14.9. The molecule has 1 fully saturated rings. The largest absolute Gasteiger partial charge is 0.465 e. The fraction of sp³-hybridized carbons (Fsp3) is 0.321. The highest BCUT2D eigenvalue weighted by molar-refractivity contribution is 6.33. The third-order valence-corrected chi connectivity index (χ3v) is 7.38. The molecule has 0 bridgehead atoms. The molecular weight excluding hydrogens is 542 g/mol. The lowest BCUT2D eigenvalue weighted by Gasteiger charge is -2.39. The molecule has 0 spiro atoms. The molecule has 4 heterocycles. The molecule has 12 heteroatoms. The smallest absolute Gasteiger partial charge is 0.407 e. The first-order valence-electron chi connectivity index (χ1n) is 12.8. The number of aryl methyl sites for hydroxylation is 1. The highest BCUT2D eigenvalue weighted by Gasteiger charge is 2.31. The van der Waals surface area contributed by atoms with Crippen LogP contribution in [0.4, 0.5) is 19.4 Å². The van der Waals surface area contributed by atoms with Crippen LogP contribution in [-0.2, 0) is 0 Å². The number of piperazine rings is 1. The summed E-state index contributed by atoms with van der Waals surface area (Å²) in [4.78, 5) is 42.1. The highest BCUT2D eigenvalue weighted by atomic mass is 35.5. The van der Waals surface area contributed by atoms with Gasteiger partial charge in [0.25, 0.3) is 0 Å². The van der Waals surface area contributed by atoms with Crippen molar-refractivity contribution in [3.8, 4) is 16.9 Å². The monoisotopic (exact) mass is 568 g/mol. The van der Waals surface area contributed by atoms with Crippen LogP contribution in [0, 0.1) is 18.6 Å². The average Bonchev–Trinajstić information content (AvgIpc) is 2.89. The molecule has 1 N–H and O–H groups in total. The minimum absolute atomic E-state index is 0.0337. The van der Waals surface area contributed by atoms with Crippen molar-refractivity contribution in [2.24, 2.45) is 0 Å². The van der Waals surface area contributed by atoms with Crippen LogP contribution in [0.25, 0.3) is 28.0 Å². The molecule has 1 atom stereocenters. The van der Waals surface area contributed by atoms with Crippen molar-refractivity contribution in [2.45, 2.75) is 39.7 Å². The number of carboxylic acid groups (broad SMARTS) is 1. The van der Waals surface area contributed by atoms with E-state index in [1.807, 2.05) is 32.6 Å². The normalized spacial score (nSPS) is 15.8. The summed E-state index contributed by atoms with van der Waals surface area (Å²) in [5.41, 5.74) is 0.692. The second-order valence-electron chi connectivity index (χ2n) is 10.1. The van der Waals surface area contributed by atoms with Crippen LogP contribution < -0.4 is 10.6 Å². The maximum absolute atomic E-state index is 14.9. The van der Waals surface area contributed by atoms with E-state index in [9.17, 15) is 23.5 Å². The summed E-state index contributed by atoms with van der Waals surface area (Å²) in [5.74, 6) is -1.51. The van der Waals surface area contributed by atoms with Crippen molar-refractivity contribution in [2.75, 3.05) is 24.5 Å². The summed E-state index contributed by atoms with van der Waals surface area (Å²) in [7, 11) is 0. The third-order valence-electron chi connectivity index (χ3n) is 7.10.